The maximum absolute atomic E-state index is 11.8. The Morgan fingerprint density at radius 1 is 1.47 bits per heavy atom. The third-order valence-corrected chi connectivity index (χ3v) is 3.26. The molecule has 0 radical (unpaired) electrons. The molecule has 17 heavy (non-hydrogen) atoms. The Labute approximate surface area is 111 Å². The Morgan fingerprint density at radius 2 is 2.18 bits per heavy atom. The van der Waals surface area contributed by atoms with Crippen molar-refractivity contribution in [3.8, 4) is 0 Å². The van der Waals surface area contributed by atoms with Crippen LogP contribution in [-0.2, 0) is 0 Å². The molecule has 2 atom stereocenters. The van der Waals surface area contributed by atoms with Gasteiger partial charge in [0.25, 0.3) is 5.91 Å². The van der Waals surface area contributed by atoms with E-state index in [1.54, 1.807) is 12.3 Å². The summed E-state index contributed by atoms with van der Waals surface area (Å²) in [5.41, 5.74) is 0.462. The van der Waals surface area contributed by atoms with E-state index in [4.69, 9.17) is 0 Å². The quantitative estimate of drug-likeness (QED) is 0.905. The number of hydrogen-bond donors (Lipinski definition) is 1. The highest BCUT2D eigenvalue weighted by molar-refractivity contribution is 9.10. The Hall–Kier alpha value is -0.900. The molecule has 4 heteroatoms. The minimum atomic E-state index is -0.103. The molecular formula is C13H19BrN2O. The summed E-state index contributed by atoms with van der Waals surface area (Å²) in [6, 6.07) is 3.72. The van der Waals surface area contributed by atoms with Gasteiger partial charge in [0.2, 0.25) is 0 Å². The third-order valence-electron chi connectivity index (χ3n) is 2.79. The fourth-order valence-electron chi connectivity index (χ4n) is 1.64. The highest BCUT2D eigenvalue weighted by atomic mass is 79.9. The van der Waals surface area contributed by atoms with E-state index in [0.29, 0.717) is 11.6 Å². The molecule has 0 aliphatic rings. The van der Waals surface area contributed by atoms with Crippen LogP contribution in [0.15, 0.2) is 22.8 Å². The fraction of sp³-hybridized carbons (Fsp3) is 0.538. The van der Waals surface area contributed by atoms with E-state index in [9.17, 15) is 4.79 Å². The second-order valence-electron chi connectivity index (χ2n) is 4.49. The first-order valence-electron chi connectivity index (χ1n) is 5.95. The summed E-state index contributed by atoms with van der Waals surface area (Å²) in [5, 5.41) is 2.96. The average molecular weight is 299 g/mol. The molecule has 0 bridgehead atoms. The molecule has 0 aromatic carbocycles. The fourth-order valence-corrected chi connectivity index (χ4v) is 1.87. The predicted molar refractivity (Wildman–Crippen MR) is 72.9 cm³/mol. The molecule has 0 aliphatic carbocycles. The summed E-state index contributed by atoms with van der Waals surface area (Å²) in [4.78, 5) is 15.9. The number of aromatic nitrogens is 1. The lowest BCUT2D eigenvalue weighted by molar-refractivity contribution is 0.0930. The van der Waals surface area contributed by atoms with Gasteiger partial charge in [0.05, 0.1) is 0 Å². The van der Waals surface area contributed by atoms with Crippen molar-refractivity contribution < 1.29 is 4.79 Å². The summed E-state index contributed by atoms with van der Waals surface area (Å²) in [6.45, 7) is 6.39. The van der Waals surface area contributed by atoms with E-state index in [1.807, 2.05) is 13.0 Å². The average Bonchev–Trinajstić information content (AvgIpc) is 2.29. The van der Waals surface area contributed by atoms with Gasteiger partial charge in [-0.15, -0.1) is 0 Å². The van der Waals surface area contributed by atoms with Crippen molar-refractivity contribution in [2.75, 3.05) is 0 Å². The second kappa shape index (κ2) is 6.74. The van der Waals surface area contributed by atoms with Crippen LogP contribution in [0.2, 0.25) is 0 Å². The molecule has 0 saturated heterocycles. The zero-order valence-electron chi connectivity index (χ0n) is 10.5. The maximum atomic E-state index is 11.8. The third kappa shape index (κ3) is 4.86. The molecule has 1 aromatic heterocycles. The number of carbonyl (C=O) groups is 1. The Bertz CT molecular complexity index is 364. The van der Waals surface area contributed by atoms with Crippen molar-refractivity contribution >= 4 is 21.8 Å². The molecule has 1 aromatic rings. The molecule has 2 unspecified atom stereocenters. The highest BCUT2D eigenvalue weighted by Crippen LogP contribution is 2.11. The molecule has 0 aliphatic heterocycles. The first-order valence-corrected chi connectivity index (χ1v) is 6.74. The number of nitrogens with zero attached hydrogens (tertiary/aromatic N) is 1. The predicted octanol–water partition coefficient (Wildman–Crippen LogP) is 3.40. The Balaban J connectivity index is 2.51. The zero-order chi connectivity index (χ0) is 12.8. The highest BCUT2D eigenvalue weighted by Gasteiger charge is 2.12. The van der Waals surface area contributed by atoms with Crippen LogP contribution in [0.25, 0.3) is 0 Å². The SMILES string of the molecule is CCC(C)CC(C)NC(=O)c1ccc(Br)cn1. The molecule has 3 nitrogen and oxygen atoms in total. The molecule has 94 valence electrons. The number of halogens is 1. The van der Waals surface area contributed by atoms with Gasteiger partial charge < -0.3 is 5.32 Å². The minimum absolute atomic E-state index is 0.103. The summed E-state index contributed by atoms with van der Waals surface area (Å²) in [5.74, 6) is 0.525. The largest absolute Gasteiger partial charge is 0.348 e. The van der Waals surface area contributed by atoms with Crippen molar-refractivity contribution in [2.24, 2.45) is 5.92 Å². The molecular weight excluding hydrogens is 280 g/mol. The van der Waals surface area contributed by atoms with E-state index in [0.717, 1.165) is 17.3 Å². The first kappa shape index (κ1) is 14.2. The van der Waals surface area contributed by atoms with Gasteiger partial charge in [-0.2, -0.15) is 0 Å². The lowest BCUT2D eigenvalue weighted by Crippen LogP contribution is -2.34. The van der Waals surface area contributed by atoms with Gasteiger partial charge in [-0.1, -0.05) is 20.3 Å². The molecule has 0 fully saturated rings. The van der Waals surface area contributed by atoms with Crippen molar-refractivity contribution in [2.45, 2.75) is 39.7 Å². The molecule has 1 heterocycles. The Kier molecular flexibility index (Phi) is 5.62. The monoisotopic (exact) mass is 298 g/mol. The maximum Gasteiger partial charge on any atom is 0.270 e. The molecule has 0 spiro atoms. The summed E-state index contributed by atoms with van der Waals surface area (Å²) >= 11 is 3.29. The van der Waals surface area contributed by atoms with Gasteiger partial charge in [0.15, 0.2) is 0 Å². The van der Waals surface area contributed by atoms with E-state index in [-0.39, 0.29) is 11.9 Å². The molecule has 1 rings (SSSR count). The number of pyridine rings is 1. The van der Waals surface area contributed by atoms with Gasteiger partial charge in [0.1, 0.15) is 5.69 Å². The van der Waals surface area contributed by atoms with Gasteiger partial charge in [-0.25, -0.2) is 4.98 Å². The van der Waals surface area contributed by atoms with Crippen LogP contribution < -0.4 is 5.32 Å². The van der Waals surface area contributed by atoms with Crippen LogP contribution in [0.4, 0.5) is 0 Å². The van der Waals surface area contributed by atoms with Crippen LogP contribution in [0.1, 0.15) is 44.1 Å². The zero-order valence-corrected chi connectivity index (χ0v) is 12.1. The van der Waals surface area contributed by atoms with Crippen molar-refractivity contribution in [3.63, 3.8) is 0 Å². The molecule has 1 amide bonds. The number of hydrogen-bond acceptors (Lipinski definition) is 2. The van der Waals surface area contributed by atoms with E-state index < -0.39 is 0 Å². The van der Waals surface area contributed by atoms with Crippen LogP contribution in [0, 0.1) is 5.92 Å². The lowest BCUT2D eigenvalue weighted by Gasteiger charge is -2.17. The van der Waals surface area contributed by atoms with Crippen molar-refractivity contribution in [1.82, 2.24) is 10.3 Å². The number of nitrogens with one attached hydrogen (secondary N) is 1. The van der Waals surface area contributed by atoms with E-state index in [1.165, 1.54) is 0 Å². The van der Waals surface area contributed by atoms with Crippen LogP contribution in [0.3, 0.4) is 0 Å². The lowest BCUT2D eigenvalue weighted by atomic mass is 10.0. The first-order chi connectivity index (χ1) is 8.02. The van der Waals surface area contributed by atoms with Gasteiger partial charge in [-0.3, -0.25) is 4.79 Å². The Morgan fingerprint density at radius 3 is 2.71 bits per heavy atom. The van der Waals surface area contributed by atoms with Crippen LogP contribution >= 0.6 is 15.9 Å². The summed E-state index contributed by atoms with van der Waals surface area (Å²) < 4.78 is 0.877. The topological polar surface area (TPSA) is 42.0 Å². The smallest absolute Gasteiger partial charge is 0.270 e. The molecule has 1 N–H and O–H groups in total. The van der Waals surface area contributed by atoms with E-state index >= 15 is 0 Å². The summed E-state index contributed by atoms with van der Waals surface area (Å²) in [6.07, 6.45) is 3.77. The standard InChI is InChI=1S/C13H19BrN2O/c1-4-9(2)7-10(3)16-13(17)12-6-5-11(14)8-15-12/h5-6,8-10H,4,7H2,1-3H3,(H,16,17). The van der Waals surface area contributed by atoms with Crippen LogP contribution in [-0.4, -0.2) is 16.9 Å². The van der Waals surface area contributed by atoms with Gasteiger partial charge in [-0.05, 0) is 47.3 Å². The van der Waals surface area contributed by atoms with Gasteiger partial charge >= 0.3 is 0 Å². The number of rotatable bonds is 5. The van der Waals surface area contributed by atoms with Crippen LogP contribution in [0.5, 0.6) is 0 Å². The minimum Gasteiger partial charge on any atom is -0.348 e. The van der Waals surface area contributed by atoms with Gasteiger partial charge in [0, 0.05) is 16.7 Å². The van der Waals surface area contributed by atoms with Crippen molar-refractivity contribution in [1.29, 1.82) is 0 Å². The van der Waals surface area contributed by atoms with E-state index in [2.05, 4.69) is 40.1 Å². The number of carbonyl (C=O) groups excluding carboxylic acids is 1. The van der Waals surface area contributed by atoms with Crippen molar-refractivity contribution in [3.05, 3.63) is 28.5 Å². The molecule has 0 saturated carbocycles. The summed E-state index contributed by atoms with van der Waals surface area (Å²) in [7, 11) is 0. The second-order valence-corrected chi connectivity index (χ2v) is 5.40. The normalized spacial score (nSPS) is 14.1. The number of amides is 1.